The van der Waals surface area contributed by atoms with E-state index in [1.165, 1.54) is 5.69 Å². The smallest absolute Gasteiger partial charge is 0.293 e. The van der Waals surface area contributed by atoms with Crippen LogP contribution < -0.4 is 4.74 Å². The Morgan fingerprint density at radius 2 is 2.31 bits per heavy atom. The maximum absolute atomic E-state index is 5.29. The lowest BCUT2D eigenvalue weighted by Crippen LogP contribution is -2.14. The molecule has 0 aliphatic carbocycles. The summed E-state index contributed by atoms with van der Waals surface area (Å²) >= 11 is 0. The van der Waals surface area contributed by atoms with Crippen LogP contribution in [0.3, 0.4) is 0 Å². The van der Waals surface area contributed by atoms with Gasteiger partial charge >= 0.3 is 0 Å². The summed E-state index contributed by atoms with van der Waals surface area (Å²) in [6.07, 6.45) is 4.01. The van der Waals surface area contributed by atoms with Crippen molar-refractivity contribution in [1.29, 1.82) is 0 Å². The van der Waals surface area contributed by atoms with Gasteiger partial charge in [0.1, 0.15) is 0 Å². The Morgan fingerprint density at radius 3 is 2.92 bits per heavy atom. The molecule has 1 fully saturated rings. The fourth-order valence-electron chi connectivity index (χ4n) is 1.64. The van der Waals surface area contributed by atoms with E-state index in [0.29, 0.717) is 11.9 Å². The molecule has 0 bridgehead atoms. The summed E-state index contributed by atoms with van der Waals surface area (Å²) in [4.78, 5) is 7.23. The second-order valence-corrected chi connectivity index (χ2v) is 3.23. The SMILES string of the molecule is COc1ncc(C2CCOCC2)[nH]1. The molecule has 1 saturated heterocycles. The van der Waals surface area contributed by atoms with Crippen LogP contribution in [0.5, 0.6) is 6.01 Å². The Kier molecular flexibility index (Phi) is 2.49. The Hall–Kier alpha value is -1.03. The number of ether oxygens (including phenoxy) is 2. The Bertz CT molecular complexity index is 266. The van der Waals surface area contributed by atoms with E-state index in [1.807, 2.05) is 6.20 Å². The number of hydrogen-bond donors (Lipinski definition) is 1. The van der Waals surface area contributed by atoms with Crippen molar-refractivity contribution in [1.82, 2.24) is 9.97 Å². The molecule has 2 rings (SSSR count). The van der Waals surface area contributed by atoms with Gasteiger partial charge < -0.3 is 14.5 Å². The van der Waals surface area contributed by atoms with Gasteiger partial charge in [0.25, 0.3) is 6.01 Å². The average Bonchev–Trinajstić information content (AvgIpc) is 2.67. The highest BCUT2D eigenvalue weighted by Crippen LogP contribution is 2.26. The molecular formula is C9H14N2O2. The van der Waals surface area contributed by atoms with E-state index in [1.54, 1.807) is 7.11 Å². The number of nitrogens with zero attached hydrogens (tertiary/aromatic N) is 1. The second kappa shape index (κ2) is 3.79. The highest BCUT2D eigenvalue weighted by Gasteiger charge is 2.17. The fourth-order valence-corrected chi connectivity index (χ4v) is 1.64. The Balaban J connectivity index is 2.05. The molecular weight excluding hydrogens is 168 g/mol. The van der Waals surface area contributed by atoms with E-state index in [9.17, 15) is 0 Å². The van der Waals surface area contributed by atoms with Gasteiger partial charge in [-0.15, -0.1) is 0 Å². The van der Waals surface area contributed by atoms with Crippen LogP contribution in [0.15, 0.2) is 6.20 Å². The zero-order valence-corrected chi connectivity index (χ0v) is 7.75. The zero-order valence-electron chi connectivity index (χ0n) is 7.75. The van der Waals surface area contributed by atoms with Crippen molar-refractivity contribution in [3.63, 3.8) is 0 Å². The van der Waals surface area contributed by atoms with Gasteiger partial charge in [0.15, 0.2) is 0 Å². The number of nitrogens with one attached hydrogen (secondary N) is 1. The molecule has 4 heteroatoms. The minimum Gasteiger partial charge on any atom is -0.468 e. The predicted molar refractivity (Wildman–Crippen MR) is 47.9 cm³/mol. The van der Waals surface area contributed by atoms with Crippen molar-refractivity contribution in [2.24, 2.45) is 0 Å². The number of aromatic nitrogens is 2. The molecule has 0 saturated carbocycles. The third-order valence-corrected chi connectivity index (χ3v) is 2.43. The van der Waals surface area contributed by atoms with Crippen LogP contribution in [0, 0.1) is 0 Å². The van der Waals surface area contributed by atoms with Crippen molar-refractivity contribution in [2.75, 3.05) is 20.3 Å². The Labute approximate surface area is 77.3 Å². The number of methoxy groups -OCH3 is 1. The number of aromatic amines is 1. The fraction of sp³-hybridized carbons (Fsp3) is 0.667. The molecule has 0 unspecified atom stereocenters. The highest BCUT2D eigenvalue weighted by molar-refractivity contribution is 5.10. The standard InChI is InChI=1S/C9H14N2O2/c1-12-9-10-6-8(11-9)7-2-4-13-5-3-7/h6-7H,2-5H2,1H3,(H,10,11). The molecule has 1 aromatic heterocycles. The molecule has 72 valence electrons. The van der Waals surface area contributed by atoms with E-state index in [0.717, 1.165) is 26.1 Å². The van der Waals surface area contributed by atoms with Gasteiger partial charge in [0.05, 0.1) is 13.3 Å². The summed E-state index contributed by atoms with van der Waals surface area (Å²) in [5.41, 5.74) is 1.17. The van der Waals surface area contributed by atoms with Crippen molar-refractivity contribution in [3.05, 3.63) is 11.9 Å². The van der Waals surface area contributed by atoms with Crippen LogP contribution in [0.1, 0.15) is 24.5 Å². The van der Waals surface area contributed by atoms with E-state index in [2.05, 4.69) is 9.97 Å². The molecule has 0 radical (unpaired) electrons. The molecule has 2 heterocycles. The van der Waals surface area contributed by atoms with Gasteiger partial charge in [-0.05, 0) is 12.8 Å². The summed E-state index contributed by atoms with van der Waals surface area (Å²) in [5.74, 6) is 0.560. The lowest BCUT2D eigenvalue weighted by Gasteiger charge is -2.20. The first-order chi connectivity index (χ1) is 6.40. The van der Waals surface area contributed by atoms with Crippen LogP contribution >= 0.6 is 0 Å². The van der Waals surface area contributed by atoms with E-state index in [-0.39, 0.29) is 0 Å². The monoisotopic (exact) mass is 182 g/mol. The molecule has 0 amide bonds. The molecule has 1 aliphatic heterocycles. The van der Waals surface area contributed by atoms with Crippen LogP contribution in [0.4, 0.5) is 0 Å². The van der Waals surface area contributed by atoms with E-state index in [4.69, 9.17) is 9.47 Å². The predicted octanol–water partition coefficient (Wildman–Crippen LogP) is 1.31. The third kappa shape index (κ3) is 1.83. The first kappa shape index (κ1) is 8.56. The van der Waals surface area contributed by atoms with Crippen molar-refractivity contribution >= 4 is 0 Å². The maximum atomic E-state index is 5.29. The first-order valence-corrected chi connectivity index (χ1v) is 4.57. The lowest BCUT2D eigenvalue weighted by atomic mass is 9.97. The first-order valence-electron chi connectivity index (χ1n) is 4.57. The number of H-pyrrole nitrogens is 1. The van der Waals surface area contributed by atoms with E-state index < -0.39 is 0 Å². The molecule has 0 atom stereocenters. The second-order valence-electron chi connectivity index (χ2n) is 3.23. The van der Waals surface area contributed by atoms with Crippen LogP contribution in [0.25, 0.3) is 0 Å². The van der Waals surface area contributed by atoms with Gasteiger partial charge in [-0.2, -0.15) is 0 Å². The minimum absolute atomic E-state index is 0.560. The van der Waals surface area contributed by atoms with Crippen LogP contribution in [-0.2, 0) is 4.74 Å². The van der Waals surface area contributed by atoms with Gasteiger partial charge in [0, 0.05) is 24.8 Å². The van der Waals surface area contributed by atoms with Crippen LogP contribution in [0.2, 0.25) is 0 Å². The summed E-state index contributed by atoms with van der Waals surface area (Å²) in [7, 11) is 1.62. The average molecular weight is 182 g/mol. The summed E-state index contributed by atoms with van der Waals surface area (Å²) in [6.45, 7) is 1.71. The Morgan fingerprint density at radius 1 is 1.54 bits per heavy atom. The molecule has 1 N–H and O–H groups in total. The van der Waals surface area contributed by atoms with Crippen LogP contribution in [-0.4, -0.2) is 30.3 Å². The molecule has 0 spiro atoms. The van der Waals surface area contributed by atoms with Gasteiger partial charge in [0.2, 0.25) is 0 Å². The molecule has 0 aromatic carbocycles. The quantitative estimate of drug-likeness (QED) is 0.750. The largest absolute Gasteiger partial charge is 0.468 e. The topological polar surface area (TPSA) is 47.1 Å². The molecule has 1 aromatic rings. The highest BCUT2D eigenvalue weighted by atomic mass is 16.5. The van der Waals surface area contributed by atoms with Crippen molar-refractivity contribution in [2.45, 2.75) is 18.8 Å². The summed E-state index contributed by atoms with van der Waals surface area (Å²) in [6, 6.07) is 0.599. The van der Waals surface area contributed by atoms with Gasteiger partial charge in [-0.25, -0.2) is 4.98 Å². The third-order valence-electron chi connectivity index (χ3n) is 2.43. The lowest BCUT2D eigenvalue weighted by molar-refractivity contribution is 0.0845. The zero-order chi connectivity index (χ0) is 9.10. The van der Waals surface area contributed by atoms with Crippen molar-refractivity contribution < 1.29 is 9.47 Å². The maximum Gasteiger partial charge on any atom is 0.293 e. The number of imidazole rings is 1. The molecule has 13 heavy (non-hydrogen) atoms. The van der Waals surface area contributed by atoms with Crippen molar-refractivity contribution in [3.8, 4) is 6.01 Å². The summed E-state index contributed by atoms with van der Waals surface area (Å²) < 4.78 is 10.3. The number of hydrogen-bond acceptors (Lipinski definition) is 3. The molecule has 4 nitrogen and oxygen atoms in total. The number of rotatable bonds is 2. The van der Waals surface area contributed by atoms with Gasteiger partial charge in [-0.1, -0.05) is 0 Å². The van der Waals surface area contributed by atoms with Gasteiger partial charge in [-0.3, -0.25) is 0 Å². The minimum atomic E-state index is 0.560. The summed E-state index contributed by atoms with van der Waals surface area (Å²) in [5, 5.41) is 0. The molecule has 1 aliphatic rings. The van der Waals surface area contributed by atoms with E-state index >= 15 is 0 Å². The normalized spacial score (nSPS) is 18.8.